The number of amides is 1. The van der Waals surface area contributed by atoms with Gasteiger partial charge in [-0.25, -0.2) is 13.8 Å². The normalized spacial score (nSPS) is 15.6. The molecule has 1 N–H and O–H groups in total. The largest absolute Gasteiger partial charge is 0.370 e. The Bertz CT molecular complexity index is 533. The maximum absolute atomic E-state index is 12.0. The van der Waals surface area contributed by atoms with E-state index in [1.54, 1.807) is 12.3 Å². The molecule has 0 aliphatic carbocycles. The van der Waals surface area contributed by atoms with Gasteiger partial charge in [0.25, 0.3) is 6.43 Å². The molecular formula is C15H18F2N4O. The topological polar surface area (TPSA) is 69.0 Å². The molecule has 0 radical (unpaired) electrons. The molecule has 1 saturated heterocycles. The molecule has 0 spiro atoms. The number of nitrogens with zero attached hydrogens (tertiary/aromatic N) is 3. The number of aromatic nitrogens is 1. The molecular weight excluding hydrogens is 290 g/mol. The molecule has 1 aromatic heterocycles. The lowest BCUT2D eigenvalue weighted by Crippen LogP contribution is -2.36. The highest BCUT2D eigenvalue weighted by atomic mass is 19.3. The van der Waals surface area contributed by atoms with Crippen molar-refractivity contribution in [2.75, 3.05) is 24.5 Å². The first kappa shape index (κ1) is 16.1. The molecule has 118 valence electrons. The molecule has 1 aliphatic rings. The maximum atomic E-state index is 12.0. The first-order valence-corrected chi connectivity index (χ1v) is 7.24. The van der Waals surface area contributed by atoms with E-state index in [2.05, 4.69) is 15.2 Å². The summed E-state index contributed by atoms with van der Waals surface area (Å²) in [5.74, 6) is -0.0842. The van der Waals surface area contributed by atoms with Crippen LogP contribution in [0, 0.1) is 17.2 Å². The van der Waals surface area contributed by atoms with Crippen LogP contribution in [-0.4, -0.2) is 37.0 Å². The number of halogens is 2. The predicted molar refractivity (Wildman–Crippen MR) is 77.5 cm³/mol. The number of carbonyl (C=O) groups excluding carboxylic acids is 1. The van der Waals surface area contributed by atoms with Gasteiger partial charge in [-0.2, -0.15) is 5.26 Å². The average Bonchev–Trinajstić information content (AvgIpc) is 2.54. The number of nitrogens with one attached hydrogen (secondary N) is 1. The lowest BCUT2D eigenvalue weighted by atomic mass is 9.93. The summed E-state index contributed by atoms with van der Waals surface area (Å²) >= 11 is 0. The quantitative estimate of drug-likeness (QED) is 0.902. The lowest BCUT2D eigenvalue weighted by molar-refractivity contribution is -0.122. The zero-order valence-electron chi connectivity index (χ0n) is 12.1. The van der Waals surface area contributed by atoms with E-state index in [0.29, 0.717) is 12.1 Å². The number of piperidine rings is 1. The van der Waals surface area contributed by atoms with Crippen LogP contribution in [0.5, 0.6) is 0 Å². The molecule has 22 heavy (non-hydrogen) atoms. The fourth-order valence-electron chi connectivity index (χ4n) is 2.56. The minimum absolute atomic E-state index is 0.222. The Morgan fingerprint density at radius 3 is 2.73 bits per heavy atom. The van der Waals surface area contributed by atoms with E-state index in [1.807, 2.05) is 12.1 Å². The van der Waals surface area contributed by atoms with Crippen LogP contribution in [-0.2, 0) is 4.79 Å². The van der Waals surface area contributed by atoms with E-state index < -0.39 is 13.0 Å². The summed E-state index contributed by atoms with van der Waals surface area (Å²) in [5.41, 5.74) is 1.34. The van der Waals surface area contributed by atoms with Crippen molar-refractivity contribution in [3.8, 4) is 6.07 Å². The Kier molecular flexibility index (Phi) is 5.64. The van der Waals surface area contributed by atoms with Crippen LogP contribution in [0.4, 0.5) is 14.5 Å². The second-order valence-electron chi connectivity index (χ2n) is 5.34. The number of anilines is 1. The van der Waals surface area contributed by atoms with Gasteiger partial charge in [0.05, 0.1) is 18.4 Å². The van der Waals surface area contributed by atoms with Gasteiger partial charge >= 0.3 is 0 Å². The van der Waals surface area contributed by atoms with Crippen molar-refractivity contribution < 1.29 is 13.6 Å². The van der Waals surface area contributed by atoms with Gasteiger partial charge in [0.1, 0.15) is 11.8 Å². The number of nitriles is 1. The maximum Gasteiger partial charge on any atom is 0.255 e. The minimum atomic E-state index is -2.50. The molecule has 0 saturated carbocycles. The average molecular weight is 308 g/mol. The van der Waals surface area contributed by atoms with Gasteiger partial charge in [-0.15, -0.1) is 0 Å². The van der Waals surface area contributed by atoms with Gasteiger partial charge in [0, 0.05) is 19.5 Å². The van der Waals surface area contributed by atoms with Crippen LogP contribution < -0.4 is 10.2 Å². The fourth-order valence-corrected chi connectivity index (χ4v) is 2.56. The lowest BCUT2D eigenvalue weighted by Gasteiger charge is -2.33. The highest BCUT2D eigenvalue weighted by Crippen LogP contribution is 2.24. The van der Waals surface area contributed by atoms with E-state index >= 15 is 0 Å². The summed E-state index contributed by atoms with van der Waals surface area (Å²) in [6, 6.07) is 5.52. The van der Waals surface area contributed by atoms with Crippen molar-refractivity contribution in [2.45, 2.75) is 25.7 Å². The van der Waals surface area contributed by atoms with Crippen molar-refractivity contribution in [2.24, 2.45) is 5.92 Å². The minimum Gasteiger partial charge on any atom is -0.370 e. The number of carbonyl (C=O) groups is 1. The van der Waals surface area contributed by atoms with Gasteiger partial charge in [-0.3, -0.25) is 4.79 Å². The van der Waals surface area contributed by atoms with Crippen LogP contribution in [0.2, 0.25) is 0 Å². The van der Waals surface area contributed by atoms with Crippen molar-refractivity contribution in [3.63, 3.8) is 0 Å². The van der Waals surface area contributed by atoms with E-state index in [-0.39, 0.29) is 11.8 Å². The molecule has 2 heterocycles. The second kappa shape index (κ2) is 7.69. The number of hydrogen-bond donors (Lipinski definition) is 1. The molecule has 7 heteroatoms. The van der Waals surface area contributed by atoms with Crippen molar-refractivity contribution in [1.29, 1.82) is 5.26 Å². The third-order valence-corrected chi connectivity index (χ3v) is 3.77. The number of pyridine rings is 1. The standard InChI is InChI=1S/C15H18F2N4O/c16-14(17)10-20-15(22)7-11-3-5-21(6-4-11)13-2-1-12(8-18)19-9-13/h1-2,9,11,14H,3-7,10H2,(H,20,22). The summed E-state index contributed by atoms with van der Waals surface area (Å²) in [4.78, 5) is 17.7. The van der Waals surface area contributed by atoms with E-state index in [0.717, 1.165) is 31.6 Å². The highest BCUT2D eigenvalue weighted by Gasteiger charge is 2.22. The molecule has 2 rings (SSSR count). The Labute approximate surface area is 127 Å². The van der Waals surface area contributed by atoms with Crippen LogP contribution in [0.15, 0.2) is 18.3 Å². The van der Waals surface area contributed by atoms with Crippen LogP contribution >= 0.6 is 0 Å². The molecule has 1 aliphatic heterocycles. The van der Waals surface area contributed by atoms with Crippen LogP contribution in [0.3, 0.4) is 0 Å². The first-order valence-electron chi connectivity index (χ1n) is 7.24. The SMILES string of the molecule is N#Cc1ccc(N2CCC(CC(=O)NCC(F)F)CC2)cn1. The Balaban J connectivity index is 1.77. The number of alkyl halides is 2. The molecule has 1 aromatic rings. The molecule has 0 aromatic carbocycles. The van der Waals surface area contributed by atoms with E-state index in [4.69, 9.17) is 5.26 Å². The zero-order valence-corrected chi connectivity index (χ0v) is 12.1. The van der Waals surface area contributed by atoms with Crippen LogP contribution in [0.25, 0.3) is 0 Å². The van der Waals surface area contributed by atoms with Gasteiger partial charge in [0.2, 0.25) is 5.91 Å². The Hall–Kier alpha value is -2.23. The molecule has 0 bridgehead atoms. The smallest absolute Gasteiger partial charge is 0.255 e. The molecule has 0 atom stereocenters. The first-order chi connectivity index (χ1) is 10.6. The van der Waals surface area contributed by atoms with Crippen molar-refractivity contribution >= 4 is 11.6 Å². The summed E-state index contributed by atoms with van der Waals surface area (Å²) in [7, 11) is 0. The Morgan fingerprint density at radius 1 is 1.45 bits per heavy atom. The monoisotopic (exact) mass is 308 g/mol. The van der Waals surface area contributed by atoms with Gasteiger partial charge < -0.3 is 10.2 Å². The zero-order chi connectivity index (χ0) is 15.9. The summed E-state index contributed by atoms with van der Waals surface area (Å²) in [6.07, 6.45) is 1.14. The number of hydrogen-bond acceptors (Lipinski definition) is 4. The highest BCUT2D eigenvalue weighted by molar-refractivity contribution is 5.76. The number of rotatable bonds is 5. The second-order valence-corrected chi connectivity index (χ2v) is 5.34. The molecule has 1 fully saturated rings. The molecule has 5 nitrogen and oxygen atoms in total. The molecule has 0 unspecified atom stereocenters. The van der Waals surface area contributed by atoms with Gasteiger partial charge in [-0.1, -0.05) is 0 Å². The predicted octanol–water partition coefficient (Wildman–Crippen LogP) is 1.94. The third kappa shape index (κ3) is 4.65. The van der Waals surface area contributed by atoms with Crippen molar-refractivity contribution in [3.05, 3.63) is 24.0 Å². The Morgan fingerprint density at radius 2 is 2.18 bits per heavy atom. The molecule has 1 amide bonds. The fraction of sp³-hybridized carbons (Fsp3) is 0.533. The van der Waals surface area contributed by atoms with E-state index in [1.165, 1.54) is 0 Å². The van der Waals surface area contributed by atoms with Gasteiger partial charge in [0.15, 0.2) is 0 Å². The van der Waals surface area contributed by atoms with E-state index in [9.17, 15) is 13.6 Å². The van der Waals surface area contributed by atoms with Crippen molar-refractivity contribution in [1.82, 2.24) is 10.3 Å². The van der Waals surface area contributed by atoms with Gasteiger partial charge in [-0.05, 0) is 30.9 Å². The van der Waals surface area contributed by atoms with Crippen LogP contribution in [0.1, 0.15) is 25.0 Å². The third-order valence-electron chi connectivity index (χ3n) is 3.77. The summed E-state index contributed by atoms with van der Waals surface area (Å²) in [5, 5.41) is 11.0. The summed E-state index contributed by atoms with van der Waals surface area (Å²) < 4.78 is 24.0. The summed E-state index contributed by atoms with van der Waals surface area (Å²) in [6.45, 7) is 1.01.